The molecule has 0 fully saturated rings. The summed E-state index contributed by atoms with van der Waals surface area (Å²) in [6, 6.07) is 20.4. The summed E-state index contributed by atoms with van der Waals surface area (Å²) in [6.07, 6.45) is 0. The summed E-state index contributed by atoms with van der Waals surface area (Å²) in [7, 11) is 1.59. The molecule has 4 nitrogen and oxygen atoms in total. The van der Waals surface area contributed by atoms with Gasteiger partial charge in [0, 0.05) is 22.6 Å². The molecule has 1 heterocycles. The highest BCUT2D eigenvalue weighted by atomic mass is 16.5. The van der Waals surface area contributed by atoms with Crippen molar-refractivity contribution in [3.63, 3.8) is 0 Å². The summed E-state index contributed by atoms with van der Waals surface area (Å²) in [5, 5.41) is 0. The number of rotatable bonds is 5. The van der Waals surface area contributed by atoms with Gasteiger partial charge in [0.25, 0.3) is 0 Å². The molecule has 1 aliphatic heterocycles. The standard InChI is InChI=1S/C25H22O4/c1-15-8-10-17(11-9-15)25(27)23(16(2)26)24-19-6-4-5-7-21(19)29-22-13-12-18(28-3)14-20(22)24/h4-14,23-24H,1-3H3/t23-,24-/m0/s1. The number of hydrogen-bond acceptors (Lipinski definition) is 4. The second kappa shape index (κ2) is 7.55. The lowest BCUT2D eigenvalue weighted by atomic mass is 9.73. The van der Waals surface area contributed by atoms with E-state index >= 15 is 0 Å². The van der Waals surface area contributed by atoms with Gasteiger partial charge in [0.05, 0.1) is 13.0 Å². The van der Waals surface area contributed by atoms with E-state index in [-0.39, 0.29) is 11.6 Å². The van der Waals surface area contributed by atoms with Crippen LogP contribution in [0.5, 0.6) is 17.2 Å². The lowest BCUT2D eigenvalue weighted by Gasteiger charge is -2.32. The van der Waals surface area contributed by atoms with E-state index in [1.54, 1.807) is 19.2 Å². The number of ketones is 2. The van der Waals surface area contributed by atoms with Crippen molar-refractivity contribution in [2.45, 2.75) is 19.8 Å². The molecular formula is C25H22O4. The molecule has 29 heavy (non-hydrogen) atoms. The molecule has 0 saturated carbocycles. The minimum absolute atomic E-state index is 0.175. The predicted octanol–water partition coefficient (Wildman–Crippen LogP) is 5.33. The SMILES string of the molecule is COc1ccc2c(c1)[C@@H]([C@H](C(C)=O)C(=O)c1ccc(C)cc1)c1ccccc1O2. The third-order valence-electron chi connectivity index (χ3n) is 5.42. The summed E-state index contributed by atoms with van der Waals surface area (Å²) < 4.78 is 11.4. The normalized spacial score (nSPS) is 15.5. The molecule has 0 aromatic heterocycles. The molecule has 146 valence electrons. The number of fused-ring (bicyclic) bond motifs is 2. The maximum absolute atomic E-state index is 13.5. The van der Waals surface area contributed by atoms with Crippen LogP contribution in [-0.2, 0) is 4.79 Å². The van der Waals surface area contributed by atoms with E-state index < -0.39 is 11.8 Å². The van der Waals surface area contributed by atoms with E-state index in [2.05, 4.69) is 0 Å². The average Bonchev–Trinajstić information content (AvgIpc) is 2.73. The molecular weight excluding hydrogens is 364 g/mol. The van der Waals surface area contributed by atoms with Crippen LogP contribution in [0.1, 0.15) is 39.9 Å². The Morgan fingerprint density at radius 3 is 2.31 bits per heavy atom. The van der Waals surface area contributed by atoms with E-state index in [0.29, 0.717) is 22.8 Å². The van der Waals surface area contributed by atoms with Crippen LogP contribution in [0.15, 0.2) is 66.7 Å². The number of carbonyl (C=O) groups excluding carboxylic acids is 2. The fraction of sp³-hybridized carbons (Fsp3) is 0.200. The second-order valence-electron chi connectivity index (χ2n) is 7.34. The number of ether oxygens (including phenoxy) is 2. The lowest BCUT2D eigenvalue weighted by molar-refractivity contribution is -0.119. The van der Waals surface area contributed by atoms with Crippen molar-refractivity contribution in [3.8, 4) is 17.2 Å². The summed E-state index contributed by atoms with van der Waals surface area (Å²) in [5.41, 5.74) is 3.20. The minimum atomic E-state index is -0.853. The predicted molar refractivity (Wildman–Crippen MR) is 111 cm³/mol. The number of hydrogen-bond donors (Lipinski definition) is 0. The summed E-state index contributed by atoms with van der Waals surface area (Å²) in [4.78, 5) is 26.3. The number of para-hydroxylation sites is 1. The molecule has 0 radical (unpaired) electrons. The van der Waals surface area contributed by atoms with Crippen LogP contribution in [-0.4, -0.2) is 18.7 Å². The van der Waals surface area contributed by atoms with Gasteiger partial charge in [-0.15, -0.1) is 0 Å². The zero-order valence-electron chi connectivity index (χ0n) is 16.6. The molecule has 0 unspecified atom stereocenters. The van der Waals surface area contributed by atoms with Crippen molar-refractivity contribution in [2.24, 2.45) is 5.92 Å². The molecule has 0 spiro atoms. The van der Waals surface area contributed by atoms with Gasteiger partial charge in [-0.3, -0.25) is 9.59 Å². The fourth-order valence-corrected chi connectivity index (χ4v) is 3.93. The van der Waals surface area contributed by atoms with Gasteiger partial charge < -0.3 is 9.47 Å². The van der Waals surface area contributed by atoms with Crippen LogP contribution < -0.4 is 9.47 Å². The minimum Gasteiger partial charge on any atom is -0.497 e. The van der Waals surface area contributed by atoms with Gasteiger partial charge in [-0.25, -0.2) is 0 Å². The van der Waals surface area contributed by atoms with E-state index in [9.17, 15) is 9.59 Å². The monoisotopic (exact) mass is 386 g/mol. The van der Waals surface area contributed by atoms with Crippen molar-refractivity contribution in [1.82, 2.24) is 0 Å². The van der Waals surface area contributed by atoms with Gasteiger partial charge in [0.2, 0.25) is 0 Å². The first kappa shape index (κ1) is 18.9. The number of benzene rings is 3. The second-order valence-corrected chi connectivity index (χ2v) is 7.34. The van der Waals surface area contributed by atoms with E-state index in [4.69, 9.17) is 9.47 Å². The third kappa shape index (κ3) is 3.42. The Morgan fingerprint density at radius 1 is 0.931 bits per heavy atom. The van der Waals surface area contributed by atoms with Gasteiger partial charge in [-0.2, -0.15) is 0 Å². The molecule has 3 aromatic rings. The molecule has 1 aliphatic rings. The Labute approximate surface area is 170 Å². The lowest BCUT2D eigenvalue weighted by Crippen LogP contribution is -2.31. The summed E-state index contributed by atoms with van der Waals surface area (Å²) in [5.74, 6) is 0.293. The zero-order chi connectivity index (χ0) is 20.5. The van der Waals surface area contributed by atoms with Gasteiger partial charge in [-0.1, -0.05) is 48.0 Å². The van der Waals surface area contributed by atoms with Gasteiger partial charge >= 0.3 is 0 Å². The zero-order valence-corrected chi connectivity index (χ0v) is 16.6. The Bertz CT molecular complexity index is 1080. The Morgan fingerprint density at radius 2 is 1.62 bits per heavy atom. The van der Waals surface area contributed by atoms with Crippen molar-refractivity contribution < 1.29 is 19.1 Å². The van der Waals surface area contributed by atoms with Crippen LogP contribution >= 0.6 is 0 Å². The van der Waals surface area contributed by atoms with E-state index in [1.165, 1.54) is 6.92 Å². The number of methoxy groups -OCH3 is 1. The first-order chi connectivity index (χ1) is 14.0. The number of carbonyl (C=O) groups is 2. The largest absolute Gasteiger partial charge is 0.497 e. The highest BCUT2D eigenvalue weighted by molar-refractivity contribution is 6.11. The Balaban J connectivity index is 1.89. The van der Waals surface area contributed by atoms with E-state index in [1.807, 2.05) is 61.5 Å². The third-order valence-corrected chi connectivity index (χ3v) is 5.42. The molecule has 3 aromatic carbocycles. The number of Topliss-reactive ketones (excluding diaryl/α,β-unsaturated/α-hetero) is 2. The van der Waals surface area contributed by atoms with Crippen LogP contribution in [0.2, 0.25) is 0 Å². The van der Waals surface area contributed by atoms with Crippen LogP contribution in [0.3, 0.4) is 0 Å². The smallest absolute Gasteiger partial charge is 0.174 e. The molecule has 0 bridgehead atoms. The Hall–Kier alpha value is -3.40. The fourth-order valence-electron chi connectivity index (χ4n) is 3.93. The van der Waals surface area contributed by atoms with Crippen molar-refractivity contribution in [3.05, 3.63) is 89.0 Å². The van der Waals surface area contributed by atoms with Crippen molar-refractivity contribution >= 4 is 11.6 Å². The van der Waals surface area contributed by atoms with Crippen molar-refractivity contribution in [1.29, 1.82) is 0 Å². The molecule has 0 saturated heterocycles. The molecule has 2 atom stereocenters. The molecule has 0 amide bonds. The summed E-state index contributed by atoms with van der Waals surface area (Å²) >= 11 is 0. The topological polar surface area (TPSA) is 52.6 Å². The first-order valence-electron chi connectivity index (χ1n) is 9.55. The van der Waals surface area contributed by atoms with E-state index in [0.717, 1.165) is 16.7 Å². The molecule has 4 heteroatoms. The molecule has 0 aliphatic carbocycles. The maximum atomic E-state index is 13.5. The Kier molecular flexibility index (Phi) is 4.93. The highest BCUT2D eigenvalue weighted by Crippen LogP contribution is 2.49. The van der Waals surface area contributed by atoms with Crippen LogP contribution in [0.4, 0.5) is 0 Å². The highest BCUT2D eigenvalue weighted by Gasteiger charge is 2.40. The quantitative estimate of drug-likeness (QED) is 0.439. The van der Waals surface area contributed by atoms with Gasteiger partial charge in [0.1, 0.15) is 23.0 Å². The summed E-state index contributed by atoms with van der Waals surface area (Å²) in [6.45, 7) is 3.45. The average molecular weight is 386 g/mol. The van der Waals surface area contributed by atoms with Crippen molar-refractivity contribution in [2.75, 3.05) is 7.11 Å². The molecule has 4 rings (SSSR count). The number of aryl methyl sites for hydroxylation is 1. The van der Waals surface area contributed by atoms with Gasteiger partial charge in [-0.05, 0) is 38.1 Å². The maximum Gasteiger partial charge on any atom is 0.174 e. The van der Waals surface area contributed by atoms with Crippen LogP contribution in [0, 0.1) is 12.8 Å². The molecule has 0 N–H and O–H groups in total. The van der Waals surface area contributed by atoms with Gasteiger partial charge in [0.15, 0.2) is 5.78 Å². The first-order valence-corrected chi connectivity index (χ1v) is 9.55. The van der Waals surface area contributed by atoms with Crippen LogP contribution in [0.25, 0.3) is 0 Å².